The minimum Gasteiger partial charge on any atom is -0.391 e. The molecule has 4 atom stereocenters. The van der Waals surface area contributed by atoms with Gasteiger partial charge in [-0.1, -0.05) is 0 Å². The molecular weight excluding hydrogens is 306 g/mol. The van der Waals surface area contributed by atoms with Gasteiger partial charge in [-0.05, 0) is 24.1 Å². The van der Waals surface area contributed by atoms with Crippen LogP contribution in [0.1, 0.15) is 5.56 Å². The molecule has 0 unspecified atom stereocenters. The van der Waals surface area contributed by atoms with Gasteiger partial charge in [-0.15, -0.1) is 0 Å². The number of benzene rings is 1. The summed E-state index contributed by atoms with van der Waals surface area (Å²) in [5.41, 5.74) is 4.61. The Morgan fingerprint density at radius 2 is 1.95 bits per heavy atom. The summed E-state index contributed by atoms with van der Waals surface area (Å²) < 4.78 is 38.7. The molecule has 1 aromatic carbocycles. The van der Waals surface area contributed by atoms with Gasteiger partial charge in [0.15, 0.2) is 0 Å². The van der Waals surface area contributed by atoms with E-state index in [0.717, 1.165) is 12.1 Å². The quantitative estimate of drug-likeness (QED) is 0.622. The molecule has 0 aromatic heterocycles. The van der Waals surface area contributed by atoms with Crippen LogP contribution in [0, 0.1) is 27.7 Å². The normalized spacial score (nSPS) is 29.3. The number of nitrogens with zero attached hydrogens (tertiary/aromatic N) is 1. The van der Waals surface area contributed by atoms with Crippen molar-refractivity contribution < 1.29 is 23.0 Å². The van der Waals surface area contributed by atoms with Crippen molar-refractivity contribution in [1.82, 2.24) is 0 Å². The average Bonchev–Trinajstić information content (AvgIpc) is 2.33. The van der Waals surface area contributed by atoms with E-state index in [2.05, 4.69) is 0 Å². The van der Waals surface area contributed by atoms with Crippen LogP contribution in [0.15, 0.2) is 12.1 Å². The van der Waals surface area contributed by atoms with Gasteiger partial charge in [0, 0.05) is 34.3 Å². The van der Waals surface area contributed by atoms with Crippen molar-refractivity contribution in [3.8, 4) is 0 Å². The lowest BCUT2D eigenvalue weighted by Crippen LogP contribution is -2.50. The van der Waals surface area contributed by atoms with Crippen molar-refractivity contribution in [1.29, 1.82) is 0 Å². The van der Waals surface area contributed by atoms with E-state index in [4.69, 9.17) is 5.73 Å². The molecule has 1 aliphatic rings. The lowest BCUT2D eigenvalue weighted by molar-refractivity contribution is -0.390. The van der Waals surface area contributed by atoms with E-state index in [-0.39, 0.29) is 23.5 Å². The molecule has 1 fully saturated rings. The van der Waals surface area contributed by atoms with Crippen molar-refractivity contribution in [2.75, 3.05) is 11.5 Å². The number of rotatable bonds is 3. The second-order valence-corrected chi connectivity index (χ2v) is 6.60. The number of hydrogen-bond donors (Lipinski definition) is 2. The van der Waals surface area contributed by atoms with E-state index in [1.807, 2.05) is 0 Å². The van der Waals surface area contributed by atoms with Crippen molar-refractivity contribution >= 4 is 16.5 Å². The van der Waals surface area contributed by atoms with Crippen molar-refractivity contribution in [3.63, 3.8) is 0 Å². The highest BCUT2D eigenvalue weighted by Gasteiger charge is 2.34. The third kappa shape index (κ3) is 3.42. The van der Waals surface area contributed by atoms with Crippen LogP contribution in [0.5, 0.6) is 0 Å². The zero-order valence-corrected chi connectivity index (χ0v) is 11.7. The predicted molar refractivity (Wildman–Crippen MR) is 72.1 cm³/mol. The van der Waals surface area contributed by atoms with E-state index in [9.17, 15) is 28.2 Å². The predicted octanol–water partition coefficient (Wildman–Crippen LogP) is 0.482. The van der Waals surface area contributed by atoms with Crippen LogP contribution in [-0.4, -0.2) is 37.9 Å². The van der Waals surface area contributed by atoms with Crippen molar-refractivity contribution in [3.05, 3.63) is 39.4 Å². The number of aliphatic hydroxyl groups excluding tert-OH is 1. The summed E-state index contributed by atoms with van der Waals surface area (Å²) in [5, 5.41) is 20.5. The molecule has 0 amide bonds. The maximum absolute atomic E-state index is 13.5. The Morgan fingerprint density at radius 3 is 2.48 bits per heavy atom. The number of aliphatic hydroxyl groups is 1. The fourth-order valence-corrected chi connectivity index (χ4v) is 4.02. The maximum Gasteiger partial charge on any atom is 0.340 e. The van der Waals surface area contributed by atoms with Gasteiger partial charge in [-0.2, -0.15) is 8.78 Å². The second-order valence-electron chi connectivity index (χ2n) is 5.06. The van der Waals surface area contributed by atoms with Gasteiger partial charge >= 0.3 is 5.69 Å². The van der Waals surface area contributed by atoms with Crippen molar-refractivity contribution in [2.24, 2.45) is 11.7 Å². The molecule has 1 aromatic rings. The van der Waals surface area contributed by atoms with E-state index in [1.54, 1.807) is 0 Å². The van der Waals surface area contributed by atoms with Gasteiger partial charge in [0.2, 0.25) is 11.6 Å². The Morgan fingerprint density at radius 1 is 1.38 bits per heavy atom. The topological polar surface area (TPSA) is 106 Å². The zero-order chi connectivity index (χ0) is 15.7. The zero-order valence-electron chi connectivity index (χ0n) is 10.9. The molecule has 21 heavy (non-hydrogen) atoms. The number of nitro groups is 1. The Hall–Kier alpha value is -1.45. The molecule has 1 saturated heterocycles. The summed E-state index contributed by atoms with van der Waals surface area (Å²) in [5.74, 6) is -2.69. The van der Waals surface area contributed by atoms with E-state index >= 15 is 0 Å². The molecule has 0 bridgehead atoms. The molecule has 116 valence electrons. The highest BCUT2D eigenvalue weighted by molar-refractivity contribution is 7.85. The monoisotopic (exact) mass is 320 g/mol. The summed E-state index contributed by atoms with van der Waals surface area (Å²) in [6.45, 7) is 0. The molecule has 0 radical (unpaired) electrons. The highest BCUT2D eigenvalue weighted by Crippen LogP contribution is 2.26. The fraction of sp³-hybridized carbons (Fsp3) is 0.500. The second kappa shape index (κ2) is 6.12. The molecule has 1 aliphatic heterocycles. The molecular formula is C12H14F2N2O4S. The molecule has 1 heterocycles. The Labute approximate surface area is 121 Å². The van der Waals surface area contributed by atoms with Crippen LogP contribution in [0.2, 0.25) is 0 Å². The van der Waals surface area contributed by atoms with Gasteiger partial charge in [0.25, 0.3) is 0 Å². The number of halogens is 2. The van der Waals surface area contributed by atoms with Gasteiger partial charge < -0.3 is 10.8 Å². The minimum atomic E-state index is -1.27. The first-order valence-electron chi connectivity index (χ1n) is 6.20. The van der Waals surface area contributed by atoms with Gasteiger partial charge in [-0.3, -0.25) is 14.3 Å². The van der Waals surface area contributed by atoms with Crippen LogP contribution in [0.25, 0.3) is 0 Å². The molecule has 0 spiro atoms. The van der Waals surface area contributed by atoms with Crippen LogP contribution in [0.4, 0.5) is 14.5 Å². The van der Waals surface area contributed by atoms with E-state index < -0.39 is 51.1 Å². The smallest absolute Gasteiger partial charge is 0.340 e. The molecule has 0 saturated carbocycles. The standard InChI is InChI=1S/C12H14F2N2O4S/c13-8-2-6(3-9(14)11(8)16(18)19)1-7-4-21(20)5-10(15)12(7)17/h2-3,7,10,12,17H,1,4-5,15H2/t7-,10+,12+,21+/m1/s1. The Bertz CT molecular complexity index is 576. The third-order valence-corrected chi connectivity index (χ3v) is 5.01. The summed E-state index contributed by atoms with van der Waals surface area (Å²) in [6, 6.07) is 1.06. The van der Waals surface area contributed by atoms with E-state index in [1.165, 1.54) is 0 Å². The molecule has 2 rings (SSSR count). The molecule has 3 N–H and O–H groups in total. The van der Waals surface area contributed by atoms with Gasteiger partial charge in [-0.25, -0.2) is 0 Å². The Balaban J connectivity index is 2.24. The van der Waals surface area contributed by atoms with Crippen LogP contribution >= 0.6 is 0 Å². The van der Waals surface area contributed by atoms with Crippen molar-refractivity contribution in [2.45, 2.75) is 18.6 Å². The number of hydrogen-bond acceptors (Lipinski definition) is 5. The minimum absolute atomic E-state index is 0.0481. The lowest BCUT2D eigenvalue weighted by Gasteiger charge is -2.32. The summed E-state index contributed by atoms with van der Waals surface area (Å²) >= 11 is 0. The first-order chi connectivity index (χ1) is 9.79. The first kappa shape index (κ1) is 15.9. The first-order valence-corrected chi connectivity index (χ1v) is 7.69. The largest absolute Gasteiger partial charge is 0.391 e. The van der Waals surface area contributed by atoms with Crippen LogP contribution in [0.3, 0.4) is 0 Å². The molecule has 9 heteroatoms. The van der Waals surface area contributed by atoms with Crippen LogP contribution in [-0.2, 0) is 17.2 Å². The lowest BCUT2D eigenvalue weighted by atomic mass is 9.91. The Kier molecular flexibility index (Phi) is 4.64. The van der Waals surface area contributed by atoms with Gasteiger partial charge in [0.05, 0.1) is 11.0 Å². The summed E-state index contributed by atoms with van der Waals surface area (Å²) in [4.78, 5) is 9.38. The molecule has 0 aliphatic carbocycles. The average molecular weight is 320 g/mol. The van der Waals surface area contributed by atoms with Gasteiger partial charge in [0.1, 0.15) is 0 Å². The summed E-state index contributed by atoms with van der Waals surface area (Å²) in [7, 11) is -1.20. The highest BCUT2D eigenvalue weighted by atomic mass is 32.2. The number of nitrogens with two attached hydrogens (primary N) is 1. The third-order valence-electron chi connectivity index (χ3n) is 3.46. The summed E-state index contributed by atoms with van der Waals surface area (Å²) in [6.07, 6.45) is -0.879. The molecule has 6 nitrogen and oxygen atoms in total. The maximum atomic E-state index is 13.5. The fourth-order valence-electron chi connectivity index (χ4n) is 2.46. The SMILES string of the molecule is N[C@H]1C[S@@](=O)C[C@@H](Cc2cc(F)c([N+](=O)[O-])c(F)c2)[C@@H]1O. The van der Waals surface area contributed by atoms with E-state index in [0.29, 0.717) is 0 Å². The van der Waals surface area contributed by atoms with Crippen LogP contribution < -0.4 is 5.73 Å². The number of nitro benzene ring substituents is 1.